The lowest BCUT2D eigenvalue weighted by Gasteiger charge is -2.31. The molecular weight excluding hydrogens is 445 g/mol. The van der Waals surface area contributed by atoms with Crippen LogP contribution < -0.4 is 9.62 Å². The highest BCUT2D eigenvalue weighted by atomic mass is 35.5. The molecule has 0 fully saturated rings. The molecular formula is C21H25ClFN3O4S. The van der Waals surface area contributed by atoms with Crippen molar-refractivity contribution in [3.05, 3.63) is 64.9 Å². The molecule has 0 aromatic heterocycles. The second kappa shape index (κ2) is 10.6. The molecule has 0 aliphatic heterocycles. The zero-order valence-electron chi connectivity index (χ0n) is 17.5. The highest BCUT2D eigenvalue weighted by molar-refractivity contribution is 7.92. The van der Waals surface area contributed by atoms with Crippen LogP contribution in [0.25, 0.3) is 0 Å². The average Bonchev–Trinajstić information content (AvgIpc) is 2.69. The summed E-state index contributed by atoms with van der Waals surface area (Å²) in [5.41, 5.74) is 0.692. The molecule has 2 aromatic carbocycles. The van der Waals surface area contributed by atoms with E-state index in [0.29, 0.717) is 17.1 Å². The summed E-state index contributed by atoms with van der Waals surface area (Å²) in [5, 5.41) is 3.13. The number of amides is 2. The van der Waals surface area contributed by atoms with Crippen LogP contribution in [0.2, 0.25) is 5.02 Å². The number of hydrogen-bond acceptors (Lipinski definition) is 4. The van der Waals surface area contributed by atoms with E-state index in [0.717, 1.165) is 16.6 Å². The van der Waals surface area contributed by atoms with Gasteiger partial charge >= 0.3 is 0 Å². The van der Waals surface area contributed by atoms with E-state index >= 15 is 0 Å². The van der Waals surface area contributed by atoms with Gasteiger partial charge in [-0.2, -0.15) is 0 Å². The Kier molecular flexibility index (Phi) is 8.41. The Morgan fingerprint density at radius 3 is 2.42 bits per heavy atom. The number of nitrogens with zero attached hydrogens (tertiary/aromatic N) is 2. The number of benzene rings is 2. The van der Waals surface area contributed by atoms with Gasteiger partial charge in [0, 0.05) is 18.1 Å². The molecule has 0 unspecified atom stereocenters. The maximum atomic E-state index is 13.7. The Balaban J connectivity index is 2.38. The maximum absolute atomic E-state index is 13.7. The van der Waals surface area contributed by atoms with Crippen LogP contribution >= 0.6 is 11.6 Å². The van der Waals surface area contributed by atoms with E-state index in [-0.39, 0.29) is 18.1 Å². The molecule has 0 aliphatic rings. The van der Waals surface area contributed by atoms with Crippen molar-refractivity contribution in [2.24, 2.45) is 0 Å². The van der Waals surface area contributed by atoms with E-state index in [9.17, 15) is 22.4 Å². The predicted octanol–water partition coefficient (Wildman–Crippen LogP) is 2.80. The second-order valence-electron chi connectivity index (χ2n) is 6.97. The minimum Gasteiger partial charge on any atom is -0.355 e. The highest BCUT2D eigenvalue weighted by Gasteiger charge is 2.30. The molecule has 0 aliphatic carbocycles. The molecule has 2 amide bonds. The van der Waals surface area contributed by atoms with Crippen LogP contribution in [-0.2, 0) is 26.2 Å². The minimum atomic E-state index is -3.90. The number of carbonyl (C=O) groups excluding carboxylic acids is 2. The van der Waals surface area contributed by atoms with Crippen molar-refractivity contribution in [2.75, 3.05) is 23.7 Å². The van der Waals surface area contributed by atoms with Gasteiger partial charge in [-0.3, -0.25) is 13.9 Å². The Bertz CT molecular complexity index is 1050. The lowest BCUT2D eigenvalue weighted by molar-refractivity contribution is -0.139. The fourth-order valence-electron chi connectivity index (χ4n) is 2.98. The first kappa shape index (κ1) is 24.6. The summed E-state index contributed by atoms with van der Waals surface area (Å²) in [4.78, 5) is 26.9. The molecule has 0 saturated carbocycles. The summed E-state index contributed by atoms with van der Waals surface area (Å²) in [6, 6.07) is 10.9. The van der Waals surface area contributed by atoms with Gasteiger partial charge in [-0.1, -0.05) is 29.8 Å². The standard InChI is InChI=1S/C21H25ClFN3O4S/c1-4-24-21(28)15(2)25(13-16-7-5-8-17(22)11-16)20(27)14-26(31(3,29)30)19-10-6-9-18(23)12-19/h5-12,15H,4,13-14H2,1-3H3,(H,24,28)/t15-/m0/s1. The van der Waals surface area contributed by atoms with Crippen molar-refractivity contribution in [1.29, 1.82) is 0 Å². The SMILES string of the molecule is CCNC(=O)[C@H](C)N(Cc1cccc(Cl)c1)C(=O)CN(c1cccc(F)c1)S(C)(=O)=O. The summed E-state index contributed by atoms with van der Waals surface area (Å²) in [5.74, 6) is -1.63. The van der Waals surface area contributed by atoms with Crippen LogP contribution in [0, 0.1) is 5.82 Å². The Labute approximate surface area is 186 Å². The van der Waals surface area contributed by atoms with Gasteiger partial charge in [-0.25, -0.2) is 12.8 Å². The average molecular weight is 470 g/mol. The van der Waals surface area contributed by atoms with E-state index < -0.39 is 34.3 Å². The fraction of sp³-hybridized carbons (Fsp3) is 0.333. The van der Waals surface area contributed by atoms with Crippen molar-refractivity contribution < 1.29 is 22.4 Å². The third kappa shape index (κ3) is 6.93. The quantitative estimate of drug-likeness (QED) is 0.611. The number of carbonyl (C=O) groups is 2. The van der Waals surface area contributed by atoms with E-state index in [1.54, 1.807) is 38.1 Å². The van der Waals surface area contributed by atoms with Crippen LogP contribution in [0.4, 0.5) is 10.1 Å². The van der Waals surface area contributed by atoms with Crippen LogP contribution in [0.3, 0.4) is 0 Å². The monoisotopic (exact) mass is 469 g/mol. The highest BCUT2D eigenvalue weighted by Crippen LogP contribution is 2.20. The van der Waals surface area contributed by atoms with Crippen molar-refractivity contribution >= 4 is 39.1 Å². The van der Waals surface area contributed by atoms with E-state index in [4.69, 9.17) is 11.6 Å². The number of likely N-dealkylation sites (N-methyl/N-ethyl adjacent to an activating group) is 1. The third-order valence-corrected chi connectivity index (χ3v) is 5.91. The number of sulfonamides is 1. The molecule has 2 aromatic rings. The maximum Gasteiger partial charge on any atom is 0.244 e. The molecule has 7 nitrogen and oxygen atoms in total. The van der Waals surface area contributed by atoms with Crippen LogP contribution in [0.5, 0.6) is 0 Å². The zero-order chi connectivity index (χ0) is 23.2. The summed E-state index contributed by atoms with van der Waals surface area (Å²) >= 11 is 6.03. The van der Waals surface area contributed by atoms with Crippen LogP contribution in [0.15, 0.2) is 48.5 Å². The smallest absolute Gasteiger partial charge is 0.244 e. The van der Waals surface area contributed by atoms with Gasteiger partial charge in [0.25, 0.3) is 0 Å². The topological polar surface area (TPSA) is 86.8 Å². The fourth-order valence-corrected chi connectivity index (χ4v) is 4.04. The summed E-state index contributed by atoms with van der Waals surface area (Å²) in [7, 11) is -3.90. The van der Waals surface area contributed by atoms with Gasteiger partial charge < -0.3 is 10.2 Å². The molecule has 1 atom stereocenters. The van der Waals surface area contributed by atoms with Crippen LogP contribution in [-0.4, -0.2) is 50.5 Å². The molecule has 2 rings (SSSR count). The first-order valence-electron chi connectivity index (χ1n) is 9.57. The van der Waals surface area contributed by atoms with E-state index in [2.05, 4.69) is 5.32 Å². The number of anilines is 1. The van der Waals surface area contributed by atoms with Gasteiger partial charge in [0.2, 0.25) is 21.8 Å². The van der Waals surface area contributed by atoms with Crippen molar-refractivity contribution in [1.82, 2.24) is 10.2 Å². The first-order chi connectivity index (χ1) is 14.5. The normalized spacial score (nSPS) is 12.2. The van der Waals surface area contributed by atoms with Crippen molar-refractivity contribution in [3.8, 4) is 0 Å². The number of halogens is 2. The van der Waals surface area contributed by atoms with Crippen molar-refractivity contribution in [3.63, 3.8) is 0 Å². The van der Waals surface area contributed by atoms with Gasteiger partial charge in [-0.05, 0) is 49.7 Å². The van der Waals surface area contributed by atoms with Crippen molar-refractivity contribution in [2.45, 2.75) is 26.4 Å². The molecule has 0 radical (unpaired) electrons. The third-order valence-electron chi connectivity index (χ3n) is 4.54. The Morgan fingerprint density at radius 2 is 1.84 bits per heavy atom. The second-order valence-corrected chi connectivity index (χ2v) is 9.31. The predicted molar refractivity (Wildman–Crippen MR) is 119 cm³/mol. The Hall–Kier alpha value is -2.65. The molecule has 10 heteroatoms. The zero-order valence-corrected chi connectivity index (χ0v) is 19.1. The summed E-state index contributed by atoms with van der Waals surface area (Å²) < 4.78 is 39.2. The van der Waals surface area contributed by atoms with Crippen LogP contribution in [0.1, 0.15) is 19.4 Å². The van der Waals surface area contributed by atoms with Gasteiger partial charge in [0.15, 0.2) is 0 Å². The number of rotatable bonds is 9. The molecule has 0 saturated heterocycles. The first-order valence-corrected chi connectivity index (χ1v) is 11.8. The summed E-state index contributed by atoms with van der Waals surface area (Å²) in [6.07, 6.45) is 0.930. The van der Waals surface area contributed by atoms with Gasteiger partial charge in [0.05, 0.1) is 11.9 Å². The minimum absolute atomic E-state index is 0.0178. The molecule has 31 heavy (non-hydrogen) atoms. The largest absolute Gasteiger partial charge is 0.355 e. The molecule has 168 valence electrons. The van der Waals surface area contributed by atoms with E-state index in [1.165, 1.54) is 23.1 Å². The van der Waals surface area contributed by atoms with Gasteiger partial charge in [0.1, 0.15) is 18.4 Å². The molecule has 0 bridgehead atoms. The molecule has 1 N–H and O–H groups in total. The molecule has 0 spiro atoms. The molecule has 0 heterocycles. The number of hydrogen-bond donors (Lipinski definition) is 1. The Morgan fingerprint density at radius 1 is 1.16 bits per heavy atom. The lowest BCUT2D eigenvalue weighted by atomic mass is 10.1. The lowest BCUT2D eigenvalue weighted by Crippen LogP contribution is -2.51. The van der Waals surface area contributed by atoms with E-state index in [1.807, 2.05) is 0 Å². The summed E-state index contributed by atoms with van der Waals surface area (Å²) in [6.45, 7) is 3.13. The number of nitrogens with one attached hydrogen (secondary N) is 1. The van der Waals surface area contributed by atoms with Gasteiger partial charge in [-0.15, -0.1) is 0 Å².